The number of ether oxygens (including phenoxy) is 12. The van der Waals surface area contributed by atoms with Gasteiger partial charge in [-0.3, -0.25) is 0 Å². The first kappa shape index (κ1) is 47.5. The van der Waals surface area contributed by atoms with Crippen LogP contribution in [-0.2, 0) is 56.8 Å². The van der Waals surface area contributed by atoms with Crippen LogP contribution in [-0.4, -0.2) is 172 Å². The third kappa shape index (κ3) is 45.5. The topological polar surface area (TPSA) is 123 Å². The molecule has 0 heterocycles. The Balaban J connectivity index is 3.04. The summed E-state index contributed by atoms with van der Waals surface area (Å²) in [5, 5.41) is 3.02. The van der Waals surface area contributed by atoms with Crippen molar-refractivity contribution in [1.29, 1.82) is 0 Å². The van der Waals surface area contributed by atoms with Crippen molar-refractivity contribution in [2.75, 3.05) is 172 Å². The first-order valence-corrected chi connectivity index (χ1v) is 18.5. The van der Waals surface area contributed by atoms with Crippen LogP contribution in [0.1, 0.15) is 58.3 Å². The lowest BCUT2D eigenvalue weighted by atomic mass is 10.1. The average Bonchev–Trinajstić information content (AvgIpc) is 3.10. The van der Waals surface area contributed by atoms with E-state index in [4.69, 9.17) is 56.8 Å². The maximum atomic E-state index is 5.62. The fourth-order valence-electron chi connectivity index (χ4n) is 4.03. The summed E-state index contributed by atoms with van der Waals surface area (Å²) in [5.74, 6) is 0. The van der Waals surface area contributed by atoms with Crippen LogP contribution < -0.4 is 5.32 Å². The molecule has 0 fully saturated rings. The van der Waals surface area contributed by atoms with Crippen LogP contribution >= 0.6 is 0 Å². The second kappa shape index (κ2) is 46.5. The number of hydrogen-bond donors (Lipinski definition) is 1. The molecule has 13 heteroatoms. The van der Waals surface area contributed by atoms with Gasteiger partial charge in [-0.25, -0.2) is 0 Å². The van der Waals surface area contributed by atoms with E-state index >= 15 is 0 Å². The van der Waals surface area contributed by atoms with Gasteiger partial charge >= 0.3 is 0 Å². The largest absolute Gasteiger partial charge is 0.379 e. The van der Waals surface area contributed by atoms with Crippen molar-refractivity contribution in [3.63, 3.8) is 0 Å². The number of rotatable bonds is 45. The van der Waals surface area contributed by atoms with Crippen molar-refractivity contribution in [1.82, 2.24) is 5.32 Å². The molecule has 0 radical (unpaired) electrons. The normalized spacial score (nSPS) is 11.6. The molecule has 0 bridgehead atoms. The van der Waals surface area contributed by atoms with Gasteiger partial charge in [-0.1, -0.05) is 51.9 Å². The molecule has 0 aliphatic heterocycles. The first-order valence-electron chi connectivity index (χ1n) is 18.5. The van der Waals surface area contributed by atoms with E-state index < -0.39 is 0 Å². The molecular weight excluding hydrogens is 626 g/mol. The molecule has 0 atom stereocenters. The smallest absolute Gasteiger partial charge is 0.0701 e. The lowest BCUT2D eigenvalue weighted by molar-refractivity contribution is -0.0283. The summed E-state index contributed by atoms with van der Waals surface area (Å²) in [4.78, 5) is 0. The summed E-state index contributed by atoms with van der Waals surface area (Å²) in [6.45, 7) is 16.7. The average molecular weight is 700 g/mol. The van der Waals surface area contributed by atoms with Gasteiger partial charge < -0.3 is 62.2 Å². The second-order valence-corrected chi connectivity index (χ2v) is 10.9. The van der Waals surface area contributed by atoms with E-state index in [0.717, 1.165) is 19.6 Å². The van der Waals surface area contributed by atoms with E-state index in [2.05, 4.69) is 12.2 Å². The minimum atomic E-state index is 0.519. The van der Waals surface area contributed by atoms with E-state index in [0.29, 0.717) is 152 Å². The Morgan fingerprint density at radius 2 is 0.458 bits per heavy atom. The summed E-state index contributed by atoms with van der Waals surface area (Å²) >= 11 is 0. The fourth-order valence-corrected chi connectivity index (χ4v) is 4.03. The van der Waals surface area contributed by atoms with Gasteiger partial charge in [-0.15, -0.1) is 0 Å². The van der Waals surface area contributed by atoms with Crippen molar-refractivity contribution in [2.45, 2.75) is 58.3 Å². The van der Waals surface area contributed by atoms with E-state index in [1.807, 2.05) is 7.05 Å². The first-order chi connectivity index (χ1) is 23.9. The summed E-state index contributed by atoms with van der Waals surface area (Å²) in [7, 11) is 1.90. The highest BCUT2D eigenvalue weighted by Crippen LogP contribution is 2.08. The Kier molecular flexibility index (Phi) is 46.0. The third-order valence-electron chi connectivity index (χ3n) is 6.73. The maximum Gasteiger partial charge on any atom is 0.0701 e. The molecule has 13 nitrogen and oxygen atoms in total. The quantitative estimate of drug-likeness (QED) is 0.0934. The van der Waals surface area contributed by atoms with Crippen molar-refractivity contribution in [3.05, 3.63) is 0 Å². The highest BCUT2D eigenvalue weighted by Gasteiger charge is 1.97. The fraction of sp³-hybridized carbons (Fsp3) is 1.00. The van der Waals surface area contributed by atoms with Gasteiger partial charge in [-0.2, -0.15) is 0 Å². The van der Waals surface area contributed by atoms with Gasteiger partial charge in [0.05, 0.1) is 152 Å². The van der Waals surface area contributed by atoms with Crippen molar-refractivity contribution in [2.24, 2.45) is 0 Å². The third-order valence-corrected chi connectivity index (χ3v) is 6.73. The molecule has 0 aromatic rings. The summed E-state index contributed by atoms with van der Waals surface area (Å²) in [6.07, 6.45) is 10.5. The SMILES string of the molecule is CCCCCCCCCCOCCOCCOCCOCCOCCOCCOCCOCCOCCOCCOCCOCCNC. The molecule has 0 saturated carbocycles. The van der Waals surface area contributed by atoms with Gasteiger partial charge in [0.2, 0.25) is 0 Å². The minimum Gasteiger partial charge on any atom is -0.379 e. The number of nitrogens with one attached hydrogen (secondary N) is 1. The van der Waals surface area contributed by atoms with E-state index in [1.54, 1.807) is 0 Å². The van der Waals surface area contributed by atoms with Crippen LogP contribution in [0.3, 0.4) is 0 Å². The summed E-state index contributed by atoms with van der Waals surface area (Å²) in [5.41, 5.74) is 0. The van der Waals surface area contributed by atoms with Crippen molar-refractivity contribution >= 4 is 0 Å². The summed E-state index contributed by atoms with van der Waals surface area (Å²) in [6, 6.07) is 0. The molecule has 0 aliphatic carbocycles. The zero-order valence-corrected chi connectivity index (χ0v) is 30.7. The zero-order chi connectivity index (χ0) is 34.5. The summed E-state index contributed by atoms with van der Waals surface area (Å²) < 4.78 is 65.9. The molecule has 0 amide bonds. The Morgan fingerprint density at radius 1 is 0.250 bits per heavy atom. The standard InChI is InChI=1S/C35H73NO12/c1-3-4-5-6-7-8-9-10-12-37-14-16-39-18-20-41-22-24-43-26-28-45-30-32-47-34-35-48-33-31-46-29-27-44-25-23-42-21-19-40-17-15-38-13-11-36-2/h36H,3-35H2,1-2H3. The number of unbranched alkanes of at least 4 members (excludes halogenated alkanes) is 7. The minimum absolute atomic E-state index is 0.519. The Hall–Kier alpha value is -0.520. The predicted octanol–water partition coefficient (Wildman–Crippen LogP) is 3.55. The van der Waals surface area contributed by atoms with Gasteiger partial charge in [0.1, 0.15) is 0 Å². The zero-order valence-electron chi connectivity index (χ0n) is 30.7. The van der Waals surface area contributed by atoms with Crippen molar-refractivity contribution < 1.29 is 56.8 Å². The van der Waals surface area contributed by atoms with Gasteiger partial charge in [-0.05, 0) is 13.5 Å². The molecule has 0 aliphatic rings. The van der Waals surface area contributed by atoms with Crippen LogP contribution in [0.15, 0.2) is 0 Å². The molecule has 0 aromatic carbocycles. The van der Waals surface area contributed by atoms with Gasteiger partial charge in [0, 0.05) is 13.2 Å². The Morgan fingerprint density at radius 3 is 0.708 bits per heavy atom. The molecule has 290 valence electrons. The molecular formula is C35H73NO12. The van der Waals surface area contributed by atoms with Gasteiger partial charge in [0.15, 0.2) is 0 Å². The molecule has 1 N–H and O–H groups in total. The highest BCUT2D eigenvalue weighted by atomic mass is 16.6. The van der Waals surface area contributed by atoms with Crippen molar-refractivity contribution in [3.8, 4) is 0 Å². The maximum absolute atomic E-state index is 5.62. The Bertz CT molecular complexity index is 508. The van der Waals surface area contributed by atoms with Crippen LogP contribution in [0.4, 0.5) is 0 Å². The molecule has 48 heavy (non-hydrogen) atoms. The van der Waals surface area contributed by atoms with Crippen LogP contribution in [0.5, 0.6) is 0 Å². The lowest BCUT2D eigenvalue weighted by Crippen LogP contribution is -2.17. The van der Waals surface area contributed by atoms with Crippen LogP contribution in [0.2, 0.25) is 0 Å². The molecule has 0 unspecified atom stereocenters. The molecule has 0 rings (SSSR count). The lowest BCUT2D eigenvalue weighted by Gasteiger charge is -2.09. The van der Waals surface area contributed by atoms with E-state index in [1.165, 1.54) is 44.9 Å². The van der Waals surface area contributed by atoms with Crippen LogP contribution in [0.25, 0.3) is 0 Å². The molecule has 0 spiro atoms. The van der Waals surface area contributed by atoms with Gasteiger partial charge in [0.25, 0.3) is 0 Å². The number of hydrogen-bond acceptors (Lipinski definition) is 13. The van der Waals surface area contributed by atoms with Crippen LogP contribution in [0, 0.1) is 0 Å². The molecule has 0 aromatic heterocycles. The van der Waals surface area contributed by atoms with E-state index in [9.17, 15) is 0 Å². The highest BCUT2D eigenvalue weighted by molar-refractivity contribution is 4.46. The number of likely N-dealkylation sites (N-methyl/N-ethyl adjacent to an activating group) is 1. The van der Waals surface area contributed by atoms with E-state index in [-0.39, 0.29) is 0 Å². The second-order valence-electron chi connectivity index (χ2n) is 10.9. The molecule has 0 saturated heterocycles. The monoisotopic (exact) mass is 700 g/mol. The predicted molar refractivity (Wildman–Crippen MR) is 186 cm³/mol. The Labute approximate surface area is 292 Å².